The highest BCUT2D eigenvalue weighted by Gasteiger charge is 2.19. The zero-order valence-corrected chi connectivity index (χ0v) is 21.8. The Morgan fingerprint density at radius 3 is 2.15 bits per heavy atom. The standard InChI is InChI=1S/C33H26FN3O3/c1-2-40-33(39)25-16-18-29(19-17-25)37-30(23-10-5-3-6-11-23)21-27(31(37)24-12-7-4-8-13-24)22-35-36-32(38)26-14-9-15-28(34)20-26/h3-22H,2H2,1H3,(H,36,38)/b35-22-. The second-order valence-corrected chi connectivity index (χ2v) is 8.88. The second kappa shape index (κ2) is 12.0. The fourth-order valence-electron chi connectivity index (χ4n) is 4.43. The highest BCUT2D eigenvalue weighted by Crippen LogP contribution is 2.35. The van der Waals surface area contributed by atoms with Crippen LogP contribution in [0.3, 0.4) is 0 Å². The molecular formula is C33H26FN3O3. The lowest BCUT2D eigenvalue weighted by Crippen LogP contribution is -2.17. The number of hydrazone groups is 1. The average molecular weight is 532 g/mol. The Morgan fingerprint density at radius 1 is 0.825 bits per heavy atom. The third-order valence-electron chi connectivity index (χ3n) is 6.24. The predicted octanol–water partition coefficient (Wildman–Crippen LogP) is 6.89. The number of aromatic nitrogens is 1. The molecule has 5 aromatic rings. The van der Waals surface area contributed by atoms with Crippen molar-refractivity contribution in [2.24, 2.45) is 5.10 Å². The van der Waals surface area contributed by atoms with E-state index in [1.54, 1.807) is 25.3 Å². The quantitative estimate of drug-likeness (QED) is 0.135. The first-order chi connectivity index (χ1) is 19.5. The molecule has 1 aromatic heterocycles. The summed E-state index contributed by atoms with van der Waals surface area (Å²) in [7, 11) is 0. The van der Waals surface area contributed by atoms with Gasteiger partial charge >= 0.3 is 5.97 Å². The first-order valence-electron chi connectivity index (χ1n) is 12.8. The van der Waals surface area contributed by atoms with E-state index in [2.05, 4.69) is 15.1 Å². The molecule has 0 bridgehead atoms. The number of carbonyl (C=O) groups excluding carboxylic acids is 2. The summed E-state index contributed by atoms with van der Waals surface area (Å²) in [4.78, 5) is 24.8. The summed E-state index contributed by atoms with van der Waals surface area (Å²) in [5.41, 5.74) is 8.33. The van der Waals surface area contributed by atoms with E-state index in [9.17, 15) is 14.0 Å². The highest BCUT2D eigenvalue weighted by atomic mass is 19.1. The van der Waals surface area contributed by atoms with E-state index in [1.165, 1.54) is 18.2 Å². The minimum atomic E-state index is -0.519. The van der Waals surface area contributed by atoms with Gasteiger partial charge in [-0.3, -0.25) is 4.79 Å². The molecule has 5 rings (SSSR count). The number of rotatable bonds is 8. The number of carbonyl (C=O) groups is 2. The van der Waals surface area contributed by atoms with Crippen LogP contribution < -0.4 is 5.43 Å². The molecule has 0 unspecified atom stereocenters. The van der Waals surface area contributed by atoms with Gasteiger partial charge in [-0.15, -0.1) is 0 Å². The summed E-state index contributed by atoms with van der Waals surface area (Å²) < 4.78 is 20.8. The van der Waals surface area contributed by atoms with E-state index >= 15 is 0 Å². The smallest absolute Gasteiger partial charge is 0.338 e. The van der Waals surface area contributed by atoms with Crippen molar-refractivity contribution < 1.29 is 18.7 Å². The van der Waals surface area contributed by atoms with Crippen molar-refractivity contribution >= 4 is 18.1 Å². The SMILES string of the molecule is CCOC(=O)c1ccc(-n2c(-c3ccccc3)cc(/C=N\NC(=O)c3cccc(F)c3)c2-c2ccccc2)cc1. The Morgan fingerprint density at radius 2 is 1.50 bits per heavy atom. The van der Waals surface area contributed by atoms with Crippen LogP contribution in [0.1, 0.15) is 33.2 Å². The Hall–Kier alpha value is -5.30. The zero-order valence-electron chi connectivity index (χ0n) is 21.8. The molecule has 40 heavy (non-hydrogen) atoms. The Balaban J connectivity index is 1.62. The van der Waals surface area contributed by atoms with E-state index in [-0.39, 0.29) is 11.5 Å². The number of benzene rings is 4. The molecule has 0 aliphatic rings. The summed E-state index contributed by atoms with van der Waals surface area (Å²) in [6, 6.07) is 34.4. The maximum Gasteiger partial charge on any atom is 0.338 e. The lowest BCUT2D eigenvalue weighted by atomic mass is 10.1. The van der Waals surface area contributed by atoms with Crippen molar-refractivity contribution in [3.63, 3.8) is 0 Å². The summed E-state index contributed by atoms with van der Waals surface area (Å²) >= 11 is 0. The van der Waals surface area contributed by atoms with Gasteiger partial charge in [0, 0.05) is 16.8 Å². The molecule has 0 aliphatic carbocycles. The summed E-state index contributed by atoms with van der Waals surface area (Å²) in [6.07, 6.45) is 1.58. The van der Waals surface area contributed by atoms with Gasteiger partial charge in [0.05, 0.1) is 29.8 Å². The molecule has 1 heterocycles. The number of nitrogens with zero attached hydrogens (tertiary/aromatic N) is 2. The van der Waals surface area contributed by atoms with Crippen LogP contribution >= 0.6 is 0 Å². The van der Waals surface area contributed by atoms with E-state index < -0.39 is 11.7 Å². The van der Waals surface area contributed by atoms with Crippen LogP contribution in [0, 0.1) is 5.82 Å². The van der Waals surface area contributed by atoms with Crippen molar-refractivity contribution in [2.75, 3.05) is 6.61 Å². The Kier molecular flexibility index (Phi) is 7.92. The van der Waals surface area contributed by atoms with Crippen molar-refractivity contribution in [3.8, 4) is 28.2 Å². The molecule has 198 valence electrons. The number of ether oxygens (including phenoxy) is 1. The second-order valence-electron chi connectivity index (χ2n) is 8.88. The minimum Gasteiger partial charge on any atom is -0.462 e. The Bertz CT molecular complexity index is 1660. The zero-order chi connectivity index (χ0) is 27.9. The van der Waals surface area contributed by atoms with Crippen LogP contribution in [-0.4, -0.2) is 29.3 Å². The normalized spacial score (nSPS) is 10.9. The third kappa shape index (κ3) is 5.73. The molecule has 0 spiro atoms. The average Bonchev–Trinajstić information content (AvgIpc) is 3.37. The summed E-state index contributed by atoms with van der Waals surface area (Å²) in [5.74, 6) is -1.40. The van der Waals surface area contributed by atoms with Crippen LogP contribution in [0.2, 0.25) is 0 Å². The van der Waals surface area contributed by atoms with Crippen molar-refractivity contribution in [1.29, 1.82) is 0 Å². The van der Waals surface area contributed by atoms with Gasteiger partial charge in [-0.25, -0.2) is 14.6 Å². The topological polar surface area (TPSA) is 72.7 Å². The first kappa shape index (κ1) is 26.3. The number of hydrogen-bond donors (Lipinski definition) is 1. The molecule has 0 fully saturated rings. The van der Waals surface area contributed by atoms with Crippen LogP contribution in [0.5, 0.6) is 0 Å². The fourth-order valence-corrected chi connectivity index (χ4v) is 4.43. The lowest BCUT2D eigenvalue weighted by molar-refractivity contribution is 0.0526. The van der Waals surface area contributed by atoms with Gasteiger partial charge in [0.15, 0.2) is 0 Å². The van der Waals surface area contributed by atoms with Gasteiger partial charge < -0.3 is 9.30 Å². The maximum atomic E-state index is 13.6. The number of esters is 1. The van der Waals surface area contributed by atoms with E-state index in [4.69, 9.17) is 4.74 Å². The largest absolute Gasteiger partial charge is 0.462 e. The van der Waals surface area contributed by atoms with Gasteiger partial charge in [-0.1, -0.05) is 66.7 Å². The molecule has 0 saturated heterocycles. The molecule has 6 nitrogen and oxygen atoms in total. The molecule has 4 aromatic carbocycles. The summed E-state index contributed by atoms with van der Waals surface area (Å²) in [5, 5.41) is 4.21. The molecule has 0 saturated carbocycles. The van der Waals surface area contributed by atoms with Crippen LogP contribution in [0.4, 0.5) is 4.39 Å². The van der Waals surface area contributed by atoms with Crippen LogP contribution in [0.25, 0.3) is 28.2 Å². The first-order valence-corrected chi connectivity index (χ1v) is 12.8. The van der Waals surface area contributed by atoms with Crippen LogP contribution in [0.15, 0.2) is 120 Å². The highest BCUT2D eigenvalue weighted by molar-refractivity contribution is 5.97. The molecule has 1 N–H and O–H groups in total. The predicted molar refractivity (Wildman–Crippen MR) is 154 cm³/mol. The molecule has 0 radical (unpaired) electrons. The van der Waals surface area contributed by atoms with Gasteiger partial charge in [0.1, 0.15) is 5.82 Å². The molecule has 1 amide bonds. The third-order valence-corrected chi connectivity index (χ3v) is 6.24. The molecule has 0 aliphatic heterocycles. The van der Waals surface area contributed by atoms with Gasteiger partial charge in [-0.05, 0) is 66.6 Å². The molecule has 7 heteroatoms. The number of halogens is 1. The van der Waals surface area contributed by atoms with Gasteiger partial charge in [-0.2, -0.15) is 5.10 Å². The molecule has 0 atom stereocenters. The molecular weight excluding hydrogens is 505 g/mol. The monoisotopic (exact) mass is 531 g/mol. The number of amides is 1. The number of hydrogen-bond acceptors (Lipinski definition) is 4. The van der Waals surface area contributed by atoms with E-state index in [1.807, 2.05) is 78.9 Å². The maximum absolute atomic E-state index is 13.6. The minimum absolute atomic E-state index is 0.171. The van der Waals surface area contributed by atoms with E-state index in [0.717, 1.165) is 39.8 Å². The summed E-state index contributed by atoms with van der Waals surface area (Å²) in [6.45, 7) is 2.07. The number of nitrogens with one attached hydrogen (secondary N) is 1. The Labute approximate surface area is 231 Å². The van der Waals surface area contributed by atoms with Gasteiger partial charge in [0.2, 0.25) is 0 Å². The lowest BCUT2D eigenvalue weighted by Gasteiger charge is -2.15. The van der Waals surface area contributed by atoms with Gasteiger partial charge in [0.25, 0.3) is 5.91 Å². The van der Waals surface area contributed by atoms with Crippen molar-refractivity contribution in [2.45, 2.75) is 6.92 Å². The van der Waals surface area contributed by atoms with Crippen molar-refractivity contribution in [3.05, 3.63) is 138 Å². The van der Waals surface area contributed by atoms with Crippen LogP contribution in [-0.2, 0) is 4.74 Å². The van der Waals surface area contributed by atoms with Crippen molar-refractivity contribution in [1.82, 2.24) is 9.99 Å². The fraction of sp³-hybridized carbons (Fsp3) is 0.0606. The van der Waals surface area contributed by atoms with E-state index in [0.29, 0.717) is 12.2 Å².